The Hall–Kier alpha value is -3.03. The van der Waals surface area contributed by atoms with Crippen LogP contribution in [0.15, 0.2) is 42.7 Å². The summed E-state index contributed by atoms with van der Waals surface area (Å²) < 4.78 is 37.9. The molecule has 2 heterocycles. The number of hydrogen-bond acceptors (Lipinski definition) is 3. The molecule has 2 N–H and O–H groups in total. The molecule has 0 spiro atoms. The fourth-order valence-corrected chi connectivity index (χ4v) is 2.81. The predicted molar refractivity (Wildman–Crippen MR) is 98.8 cm³/mol. The molecule has 27 heavy (non-hydrogen) atoms. The molecule has 3 rings (SSSR count). The lowest BCUT2D eigenvalue weighted by atomic mass is 10.1. The normalized spacial score (nSPS) is 11.6. The molecule has 0 radical (unpaired) electrons. The van der Waals surface area contributed by atoms with Crippen molar-refractivity contribution >= 4 is 28.3 Å². The van der Waals surface area contributed by atoms with E-state index in [1.54, 1.807) is 18.1 Å². The molecule has 1 aromatic carbocycles. The Bertz CT molecular complexity index is 948. The monoisotopic (exact) mass is 376 g/mol. The van der Waals surface area contributed by atoms with Gasteiger partial charge in [0, 0.05) is 43.8 Å². The fraction of sp³-hybridized carbons (Fsp3) is 0.263. The minimum Gasteiger partial charge on any atom is -0.359 e. The van der Waals surface area contributed by atoms with Crippen LogP contribution in [0.2, 0.25) is 0 Å². The van der Waals surface area contributed by atoms with Gasteiger partial charge >= 0.3 is 6.18 Å². The molecule has 2 aromatic heterocycles. The van der Waals surface area contributed by atoms with Crippen molar-refractivity contribution in [2.24, 2.45) is 0 Å². The van der Waals surface area contributed by atoms with E-state index in [1.165, 1.54) is 13.0 Å². The molecular weight excluding hydrogens is 357 g/mol. The number of halogens is 3. The molecule has 0 bridgehead atoms. The number of fused-ring (bicyclic) bond motifs is 1. The van der Waals surface area contributed by atoms with Crippen molar-refractivity contribution in [1.29, 1.82) is 0 Å². The Morgan fingerprint density at radius 3 is 2.67 bits per heavy atom. The first-order valence-corrected chi connectivity index (χ1v) is 8.36. The van der Waals surface area contributed by atoms with Crippen LogP contribution in [0.4, 0.5) is 24.7 Å². The summed E-state index contributed by atoms with van der Waals surface area (Å²) in [5.41, 5.74) is 1.92. The quantitative estimate of drug-likeness (QED) is 0.701. The van der Waals surface area contributed by atoms with Gasteiger partial charge in [0.05, 0.1) is 11.3 Å². The van der Waals surface area contributed by atoms with E-state index < -0.39 is 11.7 Å². The number of nitrogens with zero attached hydrogens (tertiary/aromatic N) is 2. The number of rotatable bonds is 5. The number of pyridine rings is 1. The number of amides is 1. The molecule has 0 fully saturated rings. The zero-order valence-electron chi connectivity index (χ0n) is 14.9. The lowest BCUT2D eigenvalue weighted by molar-refractivity contribution is -0.137. The first-order chi connectivity index (χ1) is 12.7. The van der Waals surface area contributed by atoms with Gasteiger partial charge in [-0.05, 0) is 36.2 Å². The molecule has 0 atom stereocenters. The summed E-state index contributed by atoms with van der Waals surface area (Å²) in [6.45, 7) is 2.04. The van der Waals surface area contributed by atoms with Crippen molar-refractivity contribution in [1.82, 2.24) is 9.97 Å². The maximum Gasteiger partial charge on any atom is 0.417 e. The summed E-state index contributed by atoms with van der Waals surface area (Å²) in [6.07, 6.45) is -1.12. The van der Waals surface area contributed by atoms with E-state index in [-0.39, 0.29) is 5.91 Å². The van der Waals surface area contributed by atoms with E-state index in [4.69, 9.17) is 0 Å². The number of aromatic nitrogens is 2. The van der Waals surface area contributed by atoms with E-state index in [0.717, 1.165) is 34.4 Å². The summed E-state index contributed by atoms with van der Waals surface area (Å²) in [5, 5.41) is 3.70. The summed E-state index contributed by atoms with van der Waals surface area (Å²) in [5.74, 6) is 0.332. The highest BCUT2D eigenvalue weighted by Gasteiger charge is 2.30. The van der Waals surface area contributed by atoms with E-state index in [2.05, 4.69) is 15.3 Å². The van der Waals surface area contributed by atoms with Gasteiger partial charge in [-0.25, -0.2) is 4.98 Å². The van der Waals surface area contributed by atoms with Crippen LogP contribution in [0.3, 0.4) is 0 Å². The second kappa shape index (κ2) is 7.30. The van der Waals surface area contributed by atoms with Crippen molar-refractivity contribution in [2.75, 3.05) is 23.8 Å². The maximum atomic E-state index is 12.6. The van der Waals surface area contributed by atoms with E-state index in [1.807, 2.05) is 18.2 Å². The van der Waals surface area contributed by atoms with Gasteiger partial charge in [0.2, 0.25) is 5.91 Å². The predicted octanol–water partition coefficient (Wildman–Crippen LogP) is 4.22. The summed E-state index contributed by atoms with van der Waals surface area (Å²) in [4.78, 5) is 20.1. The third-order valence-corrected chi connectivity index (χ3v) is 4.26. The Kier molecular flexibility index (Phi) is 5.07. The van der Waals surface area contributed by atoms with Crippen LogP contribution in [0, 0.1) is 0 Å². The average Bonchev–Trinajstić information content (AvgIpc) is 3.00. The molecule has 8 heteroatoms. The number of carbonyl (C=O) groups excluding carboxylic acids is 1. The Labute approximate surface area is 154 Å². The SMILES string of the molecule is CC(=O)Nc1c[nH]c2ccc(CCN(C)c3ccc(C(F)(F)F)cn3)cc12. The molecule has 0 unspecified atom stereocenters. The van der Waals surface area contributed by atoms with Gasteiger partial charge in [0.1, 0.15) is 5.82 Å². The van der Waals surface area contributed by atoms with Crippen LogP contribution in [0.5, 0.6) is 0 Å². The number of nitrogens with one attached hydrogen (secondary N) is 2. The van der Waals surface area contributed by atoms with Crippen molar-refractivity contribution in [3.8, 4) is 0 Å². The first-order valence-electron chi connectivity index (χ1n) is 8.36. The Balaban J connectivity index is 1.69. The number of H-pyrrole nitrogens is 1. The van der Waals surface area contributed by atoms with Gasteiger partial charge in [0.25, 0.3) is 0 Å². The highest BCUT2D eigenvalue weighted by molar-refractivity contribution is 6.01. The Morgan fingerprint density at radius 2 is 2.04 bits per heavy atom. The smallest absolute Gasteiger partial charge is 0.359 e. The molecule has 0 aliphatic rings. The largest absolute Gasteiger partial charge is 0.417 e. The van der Waals surface area contributed by atoms with Gasteiger partial charge in [-0.15, -0.1) is 0 Å². The molecule has 0 saturated heterocycles. The van der Waals surface area contributed by atoms with Crippen LogP contribution >= 0.6 is 0 Å². The highest BCUT2D eigenvalue weighted by atomic mass is 19.4. The average molecular weight is 376 g/mol. The molecule has 0 saturated carbocycles. The number of anilines is 2. The first kappa shape index (κ1) is 18.8. The second-order valence-corrected chi connectivity index (χ2v) is 6.34. The molecule has 1 amide bonds. The Morgan fingerprint density at radius 1 is 1.26 bits per heavy atom. The minimum absolute atomic E-state index is 0.144. The standard InChI is InChI=1S/C19H19F3N4O/c1-12(27)25-17-11-23-16-5-3-13(9-15(16)17)7-8-26(2)18-6-4-14(10-24-18)19(20,21)22/h3-6,9-11,23H,7-8H2,1-2H3,(H,25,27). The fourth-order valence-electron chi connectivity index (χ4n) is 2.81. The topological polar surface area (TPSA) is 61.0 Å². The zero-order valence-corrected chi connectivity index (χ0v) is 14.9. The number of carbonyl (C=O) groups is 1. The minimum atomic E-state index is -4.39. The van der Waals surface area contributed by atoms with Crippen molar-refractivity contribution in [3.05, 3.63) is 53.9 Å². The molecule has 5 nitrogen and oxygen atoms in total. The number of alkyl halides is 3. The lowest BCUT2D eigenvalue weighted by Gasteiger charge is -2.18. The van der Waals surface area contributed by atoms with E-state index in [0.29, 0.717) is 18.8 Å². The lowest BCUT2D eigenvalue weighted by Crippen LogP contribution is -2.21. The van der Waals surface area contributed by atoms with E-state index in [9.17, 15) is 18.0 Å². The van der Waals surface area contributed by atoms with Gasteiger partial charge in [0.15, 0.2) is 0 Å². The summed E-state index contributed by atoms with van der Waals surface area (Å²) >= 11 is 0. The van der Waals surface area contributed by atoms with Crippen LogP contribution < -0.4 is 10.2 Å². The molecule has 0 aliphatic heterocycles. The summed E-state index contributed by atoms with van der Waals surface area (Å²) in [7, 11) is 1.78. The number of benzene rings is 1. The number of hydrogen-bond donors (Lipinski definition) is 2. The van der Waals surface area contributed by atoms with Gasteiger partial charge in [-0.1, -0.05) is 6.07 Å². The van der Waals surface area contributed by atoms with Crippen molar-refractivity contribution in [2.45, 2.75) is 19.5 Å². The summed E-state index contributed by atoms with van der Waals surface area (Å²) in [6, 6.07) is 8.30. The van der Waals surface area contributed by atoms with Gasteiger partial charge in [-0.3, -0.25) is 4.79 Å². The molecular formula is C19H19F3N4O. The van der Waals surface area contributed by atoms with Crippen LogP contribution in [-0.2, 0) is 17.4 Å². The van der Waals surface area contributed by atoms with Crippen LogP contribution in [0.1, 0.15) is 18.1 Å². The second-order valence-electron chi connectivity index (χ2n) is 6.34. The van der Waals surface area contributed by atoms with Gasteiger partial charge < -0.3 is 15.2 Å². The molecule has 0 aliphatic carbocycles. The molecule has 3 aromatic rings. The highest BCUT2D eigenvalue weighted by Crippen LogP contribution is 2.29. The number of likely N-dealkylation sites (N-methyl/N-ethyl adjacent to an activating group) is 1. The van der Waals surface area contributed by atoms with Crippen LogP contribution in [-0.4, -0.2) is 29.5 Å². The van der Waals surface area contributed by atoms with Crippen LogP contribution in [0.25, 0.3) is 10.9 Å². The molecule has 142 valence electrons. The van der Waals surface area contributed by atoms with Gasteiger partial charge in [-0.2, -0.15) is 13.2 Å². The van der Waals surface area contributed by atoms with Crippen molar-refractivity contribution < 1.29 is 18.0 Å². The third kappa shape index (κ3) is 4.39. The third-order valence-electron chi connectivity index (χ3n) is 4.26. The maximum absolute atomic E-state index is 12.6. The van der Waals surface area contributed by atoms with E-state index >= 15 is 0 Å². The zero-order chi connectivity index (χ0) is 19.6. The number of aromatic amines is 1. The van der Waals surface area contributed by atoms with Crippen molar-refractivity contribution in [3.63, 3.8) is 0 Å².